The third-order valence-corrected chi connectivity index (χ3v) is 15.9. The maximum Gasteiger partial charge on any atom is 0.0725 e. The smallest absolute Gasteiger partial charge is 0.0725 e. The van der Waals surface area contributed by atoms with E-state index in [-0.39, 0.29) is 5.41 Å². The first-order chi connectivity index (χ1) is 34.9. The lowest BCUT2D eigenvalue weighted by Gasteiger charge is -2.31. The van der Waals surface area contributed by atoms with Crippen LogP contribution in [-0.4, -0.2) is 0 Å². The van der Waals surface area contributed by atoms with Crippen molar-refractivity contribution in [1.82, 2.24) is 0 Å². The number of fused-ring (bicyclic) bond motifs is 13. The average Bonchev–Trinajstić information content (AvgIpc) is 3.99. The van der Waals surface area contributed by atoms with Crippen molar-refractivity contribution < 1.29 is 0 Å². The molecule has 0 fully saturated rings. The zero-order valence-electron chi connectivity index (χ0n) is 39.8. The topological polar surface area (TPSA) is 3.24 Å². The molecule has 1 spiro atoms. The molecule has 0 aliphatic heterocycles. The number of hydrogen-bond donors (Lipinski definition) is 0. The molecule has 0 amide bonds. The van der Waals surface area contributed by atoms with Gasteiger partial charge < -0.3 is 4.90 Å². The zero-order chi connectivity index (χ0) is 47.3. The van der Waals surface area contributed by atoms with Crippen LogP contribution in [-0.2, 0) is 10.8 Å². The van der Waals surface area contributed by atoms with Crippen LogP contribution in [0.5, 0.6) is 0 Å². The third-order valence-electron chi connectivity index (χ3n) is 15.9. The van der Waals surface area contributed by atoms with Crippen molar-refractivity contribution in [2.24, 2.45) is 0 Å². The van der Waals surface area contributed by atoms with Crippen molar-refractivity contribution in [2.75, 3.05) is 4.90 Å². The van der Waals surface area contributed by atoms with Gasteiger partial charge >= 0.3 is 0 Å². The molecule has 0 bridgehead atoms. The van der Waals surface area contributed by atoms with Gasteiger partial charge in [0.25, 0.3) is 0 Å². The van der Waals surface area contributed by atoms with Crippen LogP contribution in [0.25, 0.3) is 77.9 Å². The van der Waals surface area contributed by atoms with E-state index in [1.165, 1.54) is 111 Å². The molecule has 0 saturated heterocycles. The highest BCUT2D eigenvalue weighted by atomic mass is 15.1. The zero-order valence-corrected chi connectivity index (χ0v) is 39.8. The fourth-order valence-electron chi connectivity index (χ4n) is 12.5. The predicted molar refractivity (Wildman–Crippen MR) is 297 cm³/mol. The molecule has 0 N–H and O–H groups in total. The molecule has 0 aromatic heterocycles. The lowest BCUT2D eigenvalue weighted by Crippen LogP contribution is -2.26. The van der Waals surface area contributed by atoms with Crippen LogP contribution in [0.2, 0.25) is 0 Å². The van der Waals surface area contributed by atoms with E-state index >= 15 is 0 Å². The summed E-state index contributed by atoms with van der Waals surface area (Å²) in [6, 6.07) is 97.3. The Morgan fingerprint density at radius 1 is 0.225 bits per heavy atom. The van der Waals surface area contributed by atoms with Gasteiger partial charge in [-0.3, -0.25) is 0 Å². The highest BCUT2D eigenvalue weighted by Gasteiger charge is 2.51. The largest absolute Gasteiger partial charge is 0.310 e. The number of hydrogen-bond acceptors (Lipinski definition) is 1. The van der Waals surface area contributed by atoms with Crippen LogP contribution in [0.15, 0.2) is 261 Å². The van der Waals surface area contributed by atoms with Crippen LogP contribution in [0.1, 0.15) is 47.2 Å². The van der Waals surface area contributed by atoms with Crippen LogP contribution in [0.4, 0.5) is 17.1 Å². The number of anilines is 3. The second-order valence-electron chi connectivity index (χ2n) is 20.0. The van der Waals surface area contributed by atoms with Gasteiger partial charge in [-0.05, 0) is 166 Å². The Morgan fingerprint density at radius 3 is 1.11 bits per heavy atom. The molecular weight excluding hydrogens is 855 g/mol. The van der Waals surface area contributed by atoms with E-state index < -0.39 is 5.41 Å². The normalized spacial score (nSPS) is 13.7. The van der Waals surface area contributed by atoms with E-state index in [0.717, 1.165) is 17.1 Å². The van der Waals surface area contributed by atoms with E-state index in [1.54, 1.807) is 0 Å². The van der Waals surface area contributed by atoms with E-state index in [4.69, 9.17) is 0 Å². The molecule has 3 aliphatic carbocycles. The summed E-state index contributed by atoms with van der Waals surface area (Å²) in [5.41, 5.74) is 28.3. The van der Waals surface area contributed by atoms with Crippen molar-refractivity contribution >= 4 is 17.1 Å². The summed E-state index contributed by atoms with van der Waals surface area (Å²) >= 11 is 0. The van der Waals surface area contributed by atoms with Gasteiger partial charge in [0.15, 0.2) is 0 Å². The predicted octanol–water partition coefficient (Wildman–Crippen LogP) is 18.5. The molecular formula is C70H49N. The Bertz CT molecular complexity index is 3780. The molecule has 71 heavy (non-hydrogen) atoms. The molecule has 0 heterocycles. The summed E-state index contributed by atoms with van der Waals surface area (Å²) in [5, 5.41) is 0. The maximum absolute atomic E-state index is 2.50. The fraction of sp³-hybridized carbons (Fsp3) is 0.0571. The number of nitrogens with zero attached hydrogens (tertiary/aromatic N) is 1. The highest BCUT2D eigenvalue weighted by molar-refractivity contribution is 5.97. The van der Waals surface area contributed by atoms with E-state index in [1.807, 2.05) is 0 Å². The molecule has 0 unspecified atom stereocenters. The molecule has 11 aromatic carbocycles. The first-order valence-electron chi connectivity index (χ1n) is 24.9. The summed E-state index contributed by atoms with van der Waals surface area (Å²) in [6.45, 7) is 4.74. The molecule has 11 aromatic rings. The standard InChI is InChI=1S/C70H49N/c1-69(2)63-27-15-12-24-57(63)60-39-36-55(45-66(60)69)71(56-41-52(47-20-8-4-9-21-47)40-53(42-56)48-22-10-5-11-23-48)54-34-30-49(31-35-54)51-33-38-62-61-37-32-50(46-18-6-3-7-19-46)43-67(61)70(68(62)44-51)64-28-16-13-25-58(64)59-26-14-17-29-65(59)70/h3-45H,1-2H3. The van der Waals surface area contributed by atoms with Crippen LogP contribution in [0.3, 0.4) is 0 Å². The fourth-order valence-corrected chi connectivity index (χ4v) is 12.5. The molecule has 1 heteroatoms. The monoisotopic (exact) mass is 903 g/mol. The van der Waals surface area contributed by atoms with Crippen molar-refractivity contribution in [3.63, 3.8) is 0 Å². The van der Waals surface area contributed by atoms with Gasteiger partial charge in [-0.15, -0.1) is 0 Å². The first kappa shape index (κ1) is 41.2. The van der Waals surface area contributed by atoms with Gasteiger partial charge in [-0.2, -0.15) is 0 Å². The van der Waals surface area contributed by atoms with E-state index in [2.05, 4.69) is 280 Å². The molecule has 0 atom stereocenters. The molecule has 334 valence electrons. The Labute approximate surface area is 416 Å². The summed E-state index contributed by atoms with van der Waals surface area (Å²) in [6.07, 6.45) is 0. The molecule has 3 aliphatic rings. The second kappa shape index (κ2) is 15.9. The molecule has 0 saturated carbocycles. The summed E-state index contributed by atoms with van der Waals surface area (Å²) in [5.74, 6) is 0. The van der Waals surface area contributed by atoms with Crippen molar-refractivity contribution in [1.29, 1.82) is 0 Å². The van der Waals surface area contributed by atoms with Crippen molar-refractivity contribution in [3.05, 3.63) is 294 Å². The Morgan fingerprint density at radius 2 is 0.592 bits per heavy atom. The van der Waals surface area contributed by atoms with Gasteiger partial charge in [-0.25, -0.2) is 0 Å². The number of rotatable bonds is 7. The van der Waals surface area contributed by atoms with Crippen LogP contribution >= 0.6 is 0 Å². The lowest BCUT2D eigenvalue weighted by atomic mass is 9.70. The molecule has 1 nitrogen and oxygen atoms in total. The van der Waals surface area contributed by atoms with Gasteiger partial charge in [-0.1, -0.05) is 220 Å². The van der Waals surface area contributed by atoms with Crippen LogP contribution in [0, 0.1) is 0 Å². The Kier molecular flexibility index (Phi) is 9.22. The highest BCUT2D eigenvalue weighted by Crippen LogP contribution is 2.63. The molecule has 0 radical (unpaired) electrons. The first-order valence-corrected chi connectivity index (χ1v) is 24.9. The lowest BCUT2D eigenvalue weighted by molar-refractivity contribution is 0.660. The van der Waals surface area contributed by atoms with Crippen molar-refractivity contribution in [2.45, 2.75) is 24.7 Å². The second-order valence-corrected chi connectivity index (χ2v) is 20.0. The molecule has 14 rings (SSSR count). The van der Waals surface area contributed by atoms with Gasteiger partial charge in [0, 0.05) is 22.5 Å². The van der Waals surface area contributed by atoms with E-state index in [0.29, 0.717) is 0 Å². The van der Waals surface area contributed by atoms with Gasteiger partial charge in [0.05, 0.1) is 5.41 Å². The third kappa shape index (κ3) is 6.26. The Hall–Kier alpha value is -8.78. The van der Waals surface area contributed by atoms with E-state index in [9.17, 15) is 0 Å². The maximum atomic E-state index is 2.50. The minimum Gasteiger partial charge on any atom is -0.310 e. The average molecular weight is 904 g/mol. The number of benzene rings is 11. The summed E-state index contributed by atoms with van der Waals surface area (Å²) < 4.78 is 0. The summed E-state index contributed by atoms with van der Waals surface area (Å²) in [4.78, 5) is 2.47. The minimum atomic E-state index is -0.462. The van der Waals surface area contributed by atoms with Gasteiger partial charge in [0.2, 0.25) is 0 Å². The van der Waals surface area contributed by atoms with Gasteiger partial charge in [0.1, 0.15) is 0 Å². The Balaban J connectivity index is 0.936. The SMILES string of the molecule is CC1(C)c2ccccc2-c2ccc(N(c3ccc(-c4ccc5c(c4)C4(c6ccccc6-c6ccccc64)c4cc(-c6ccccc6)ccc4-5)cc3)c3cc(-c4ccccc4)cc(-c4ccccc4)c3)cc21. The van der Waals surface area contributed by atoms with Crippen molar-refractivity contribution in [3.8, 4) is 77.9 Å². The quantitative estimate of drug-likeness (QED) is 0.154. The van der Waals surface area contributed by atoms with Crippen LogP contribution < -0.4 is 4.90 Å². The summed E-state index contributed by atoms with van der Waals surface area (Å²) in [7, 11) is 0. The minimum absolute atomic E-state index is 0.146.